The van der Waals surface area contributed by atoms with Gasteiger partial charge in [-0.1, -0.05) is 29.8 Å². The molecule has 0 aliphatic heterocycles. The first kappa shape index (κ1) is 13.2. The summed E-state index contributed by atoms with van der Waals surface area (Å²) in [5.41, 5.74) is 1.86. The molecule has 1 aromatic heterocycles. The second kappa shape index (κ2) is 4.65. The van der Waals surface area contributed by atoms with Crippen molar-refractivity contribution in [1.82, 2.24) is 4.98 Å². The van der Waals surface area contributed by atoms with Crippen LogP contribution in [0.15, 0.2) is 58.5 Å². The van der Waals surface area contributed by atoms with Gasteiger partial charge in [-0.05, 0) is 42.8 Å². The Hall–Kier alpha value is -1.78. The fourth-order valence-corrected chi connectivity index (χ4v) is 3.56. The van der Waals surface area contributed by atoms with Crippen molar-refractivity contribution in [2.75, 3.05) is 0 Å². The van der Waals surface area contributed by atoms with Gasteiger partial charge >= 0.3 is 0 Å². The summed E-state index contributed by atoms with van der Waals surface area (Å²) in [5.74, 6) is 0. The lowest BCUT2D eigenvalue weighted by Crippen LogP contribution is -2.01. The minimum absolute atomic E-state index is 0.198. The molecule has 3 nitrogen and oxygen atoms in total. The molecule has 0 unspecified atom stereocenters. The molecule has 0 saturated heterocycles. The van der Waals surface area contributed by atoms with Gasteiger partial charge in [0, 0.05) is 15.9 Å². The Morgan fingerprint density at radius 1 is 1.05 bits per heavy atom. The van der Waals surface area contributed by atoms with Gasteiger partial charge in [0.25, 0.3) is 0 Å². The standard InChI is InChI=1S/C15H12ClNO2S/c1-10-3-2-4-11-9-14(17-15(10)11)20(18,19)13-7-5-12(16)6-8-13/h2-9,17H,1H3. The smallest absolute Gasteiger partial charge is 0.221 e. The van der Waals surface area contributed by atoms with Crippen LogP contribution in [0.1, 0.15) is 5.56 Å². The molecule has 0 aliphatic carbocycles. The number of hydrogen-bond donors (Lipinski definition) is 1. The molecule has 1 N–H and O–H groups in total. The summed E-state index contributed by atoms with van der Waals surface area (Å²) in [4.78, 5) is 3.22. The van der Waals surface area contributed by atoms with E-state index >= 15 is 0 Å². The fourth-order valence-electron chi connectivity index (χ4n) is 2.17. The maximum absolute atomic E-state index is 12.6. The third kappa shape index (κ3) is 2.11. The summed E-state index contributed by atoms with van der Waals surface area (Å²) in [6, 6.07) is 13.6. The molecular formula is C15H12ClNO2S. The molecule has 0 radical (unpaired) electrons. The van der Waals surface area contributed by atoms with Gasteiger partial charge in [0.05, 0.1) is 4.90 Å². The van der Waals surface area contributed by atoms with Crippen LogP contribution in [0.4, 0.5) is 0 Å². The molecule has 1 heterocycles. The highest BCUT2D eigenvalue weighted by Crippen LogP contribution is 2.26. The Morgan fingerprint density at radius 2 is 1.75 bits per heavy atom. The third-order valence-electron chi connectivity index (χ3n) is 3.25. The van der Waals surface area contributed by atoms with Crippen LogP contribution in [0.25, 0.3) is 10.9 Å². The van der Waals surface area contributed by atoms with Crippen LogP contribution < -0.4 is 0 Å². The van der Waals surface area contributed by atoms with E-state index in [4.69, 9.17) is 11.6 Å². The number of rotatable bonds is 2. The summed E-state index contributed by atoms with van der Waals surface area (Å²) in [6.45, 7) is 1.94. The lowest BCUT2D eigenvalue weighted by Gasteiger charge is -2.02. The van der Waals surface area contributed by atoms with Crippen molar-refractivity contribution >= 4 is 32.3 Å². The van der Waals surface area contributed by atoms with Gasteiger partial charge < -0.3 is 4.98 Å². The normalized spacial score (nSPS) is 11.9. The van der Waals surface area contributed by atoms with Crippen LogP contribution in [0, 0.1) is 6.92 Å². The number of aromatic amines is 1. The number of sulfone groups is 1. The summed E-state index contributed by atoms with van der Waals surface area (Å²) >= 11 is 5.79. The highest BCUT2D eigenvalue weighted by molar-refractivity contribution is 7.91. The number of aryl methyl sites for hydroxylation is 1. The molecule has 0 atom stereocenters. The zero-order chi connectivity index (χ0) is 14.3. The summed E-state index contributed by atoms with van der Waals surface area (Å²) in [5, 5.41) is 1.60. The van der Waals surface area contributed by atoms with Crippen LogP contribution in [0.2, 0.25) is 5.02 Å². The highest BCUT2D eigenvalue weighted by atomic mass is 35.5. The lowest BCUT2D eigenvalue weighted by atomic mass is 10.2. The average molecular weight is 306 g/mol. The quantitative estimate of drug-likeness (QED) is 0.779. The van der Waals surface area contributed by atoms with Gasteiger partial charge in [-0.25, -0.2) is 8.42 Å². The second-order valence-electron chi connectivity index (χ2n) is 4.63. The first-order chi connectivity index (χ1) is 9.48. The van der Waals surface area contributed by atoms with Crippen molar-refractivity contribution in [3.8, 4) is 0 Å². The number of para-hydroxylation sites is 1. The van der Waals surface area contributed by atoms with E-state index in [9.17, 15) is 8.42 Å². The Balaban J connectivity index is 2.18. The maximum Gasteiger partial charge on any atom is 0.221 e. The lowest BCUT2D eigenvalue weighted by molar-refractivity contribution is 0.593. The Kier molecular flexibility index (Phi) is 3.07. The van der Waals surface area contributed by atoms with Gasteiger partial charge in [0.15, 0.2) is 0 Å². The van der Waals surface area contributed by atoms with Crippen LogP contribution >= 0.6 is 11.6 Å². The molecule has 0 aliphatic rings. The molecule has 5 heteroatoms. The minimum atomic E-state index is -3.55. The Morgan fingerprint density at radius 3 is 2.40 bits per heavy atom. The molecule has 0 fully saturated rings. The molecule has 3 rings (SSSR count). The average Bonchev–Trinajstić information content (AvgIpc) is 2.85. The van der Waals surface area contributed by atoms with E-state index in [1.807, 2.05) is 25.1 Å². The summed E-state index contributed by atoms with van der Waals surface area (Å²) < 4.78 is 25.1. The largest absolute Gasteiger partial charge is 0.345 e. The zero-order valence-corrected chi connectivity index (χ0v) is 12.3. The van der Waals surface area contributed by atoms with Crippen molar-refractivity contribution in [2.45, 2.75) is 16.8 Å². The monoisotopic (exact) mass is 305 g/mol. The molecule has 0 amide bonds. The van der Waals surface area contributed by atoms with Gasteiger partial charge in [-0.3, -0.25) is 0 Å². The van der Waals surface area contributed by atoms with Crippen LogP contribution in [-0.2, 0) is 9.84 Å². The van der Waals surface area contributed by atoms with Gasteiger partial charge in [0.1, 0.15) is 5.03 Å². The minimum Gasteiger partial charge on any atom is -0.345 e. The van der Waals surface area contributed by atoms with E-state index in [2.05, 4.69) is 4.98 Å². The molecule has 0 bridgehead atoms. The zero-order valence-electron chi connectivity index (χ0n) is 10.7. The van der Waals surface area contributed by atoms with E-state index in [0.717, 1.165) is 16.5 Å². The Bertz CT molecular complexity index is 880. The van der Waals surface area contributed by atoms with E-state index in [1.54, 1.807) is 18.2 Å². The molecule has 0 saturated carbocycles. The topological polar surface area (TPSA) is 49.9 Å². The highest BCUT2D eigenvalue weighted by Gasteiger charge is 2.20. The summed E-state index contributed by atoms with van der Waals surface area (Å²) in [6.07, 6.45) is 0. The Labute approximate surface area is 122 Å². The van der Waals surface area contributed by atoms with Crippen molar-refractivity contribution in [2.24, 2.45) is 0 Å². The predicted molar refractivity (Wildman–Crippen MR) is 79.9 cm³/mol. The fraction of sp³-hybridized carbons (Fsp3) is 0.0667. The van der Waals surface area contributed by atoms with Crippen LogP contribution in [0.3, 0.4) is 0 Å². The first-order valence-corrected chi connectivity index (χ1v) is 7.93. The van der Waals surface area contributed by atoms with E-state index in [-0.39, 0.29) is 9.92 Å². The first-order valence-electron chi connectivity index (χ1n) is 6.07. The summed E-state index contributed by atoms with van der Waals surface area (Å²) in [7, 11) is -3.55. The van der Waals surface area contributed by atoms with Crippen molar-refractivity contribution in [3.63, 3.8) is 0 Å². The van der Waals surface area contributed by atoms with Crippen molar-refractivity contribution in [3.05, 3.63) is 59.1 Å². The third-order valence-corrected chi connectivity index (χ3v) is 5.20. The van der Waals surface area contributed by atoms with E-state index < -0.39 is 9.84 Å². The van der Waals surface area contributed by atoms with Gasteiger partial charge in [0.2, 0.25) is 9.84 Å². The number of halogens is 1. The molecule has 0 spiro atoms. The number of nitrogens with one attached hydrogen (secondary N) is 1. The van der Waals surface area contributed by atoms with Gasteiger partial charge in [-0.2, -0.15) is 0 Å². The predicted octanol–water partition coefficient (Wildman–Crippen LogP) is 3.96. The van der Waals surface area contributed by atoms with E-state index in [1.165, 1.54) is 12.1 Å². The SMILES string of the molecule is Cc1cccc2cc(S(=O)(=O)c3ccc(Cl)cc3)[nH]c12. The molecule has 102 valence electrons. The van der Waals surface area contributed by atoms with Crippen molar-refractivity contribution in [1.29, 1.82) is 0 Å². The molecular weight excluding hydrogens is 294 g/mol. The maximum atomic E-state index is 12.6. The number of benzene rings is 2. The van der Waals surface area contributed by atoms with E-state index in [0.29, 0.717) is 5.02 Å². The molecule has 2 aromatic carbocycles. The number of aromatic nitrogens is 1. The number of H-pyrrole nitrogens is 1. The van der Waals surface area contributed by atoms with Crippen molar-refractivity contribution < 1.29 is 8.42 Å². The van der Waals surface area contributed by atoms with Crippen LogP contribution in [-0.4, -0.2) is 13.4 Å². The van der Waals surface area contributed by atoms with Crippen LogP contribution in [0.5, 0.6) is 0 Å². The number of hydrogen-bond acceptors (Lipinski definition) is 2. The number of fused-ring (bicyclic) bond motifs is 1. The molecule has 3 aromatic rings. The second-order valence-corrected chi connectivity index (χ2v) is 6.98. The van der Waals surface area contributed by atoms with Gasteiger partial charge in [-0.15, -0.1) is 0 Å². The molecule has 20 heavy (non-hydrogen) atoms.